The zero-order valence-electron chi connectivity index (χ0n) is 11.0. The van der Waals surface area contributed by atoms with Crippen LogP contribution in [-0.2, 0) is 0 Å². The van der Waals surface area contributed by atoms with Gasteiger partial charge in [-0.15, -0.1) is 0 Å². The number of hydrogen-bond acceptors (Lipinski definition) is 3. The van der Waals surface area contributed by atoms with Gasteiger partial charge in [0, 0.05) is 19.3 Å². The van der Waals surface area contributed by atoms with Crippen LogP contribution in [0.2, 0.25) is 0 Å². The van der Waals surface area contributed by atoms with Crippen LogP contribution < -0.4 is 0 Å². The minimum atomic E-state index is 0.239. The van der Waals surface area contributed by atoms with Gasteiger partial charge in [-0.3, -0.25) is 9.89 Å². The minimum Gasteiger partial charge on any atom is -0.395 e. The topological polar surface area (TPSA) is 35.8 Å². The molecule has 98 valence electrons. The van der Waals surface area contributed by atoms with Crippen molar-refractivity contribution in [2.24, 2.45) is 4.99 Å². The summed E-state index contributed by atoms with van der Waals surface area (Å²) in [7, 11) is 0. The smallest absolute Gasteiger partial charge is 0.102 e. The Kier molecular flexibility index (Phi) is 7.93. The highest BCUT2D eigenvalue weighted by atomic mass is 16.3. The molecule has 1 unspecified atom stereocenters. The van der Waals surface area contributed by atoms with E-state index in [4.69, 9.17) is 5.11 Å². The van der Waals surface area contributed by atoms with E-state index in [0.29, 0.717) is 6.17 Å². The summed E-state index contributed by atoms with van der Waals surface area (Å²) in [5.74, 6) is 0. The monoisotopic (exact) mass is 238 g/mol. The molecule has 1 heterocycles. The number of nitrogens with zero attached hydrogens (tertiary/aromatic N) is 2. The summed E-state index contributed by atoms with van der Waals surface area (Å²) < 4.78 is 0. The fourth-order valence-electron chi connectivity index (χ4n) is 2.22. The van der Waals surface area contributed by atoms with Crippen LogP contribution in [0.5, 0.6) is 0 Å². The summed E-state index contributed by atoms with van der Waals surface area (Å²) in [4.78, 5) is 6.71. The highest BCUT2D eigenvalue weighted by Crippen LogP contribution is 2.15. The second-order valence-electron chi connectivity index (χ2n) is 4.59. The Morgan fingerprint density at radius 2 is 2.18 bits per heavy atom. The second kappa shape index (κ2) is 9.37. The van der Waals surface area contributed by atoms with E-state index in [1.807, 2.05) is 6.21 Å². The fraction of sp³-hybridized carbons (Fsp3) is 0.786. The minimum absolute atomic E-state index is 0.239. The van der Waals surface area contributed by atoms with E-state index in [0.717, 1.165) is 19.5 Å². The van der Waals surface area contributed by atoms with E-state index in [1.54, 1.807) is 0 Å². The van der Waals surface area contributed by atoms with Crippen molar-refractivity contribution < 1.29 is 5.11 Å². The molecule has 0 radical (unpaired) electrons. The Morgan fingerprint density at radius 3 is 2.94 bits per heavy atom. The van der Waals surface area contributed by atoms with Gasteiger partial charge in [0.15, 0.2) is 0 Å². The van der Waals surface area contributed by atoms with Gasteiger partial charge in [0.2, 0.25) is 0 Å². The van der Waals surface area contributed by atoms with E-state index in [2.05, 4.69) is 29.0 Å². The molecule has 0 aromatic carbocycles. The van der Waals surface area contributed by atoms with E-state index in [1.165, 1.54) is 32.1 Å². The number of aliphatic imine (C=N–C) groups is 1. The summed E-state index contributed by atoms with van der Waals surface area (Å²) in [5, 5.41) is 8.93. The molecule has 17 heavy (non-hydrogen) atoms. The van der Waals surface area contributed by atoms with Crippen molar-refractivity contribution in [1.29, 1.82) is 0 Å². The molecule has 0 saturated carbocycles. The highest BCUT2D eigenvalue weighted by molar-refractivity contribution is 5.62. The maximum atomic E-state index is 8.93. The highest BCUT2D eigenvalue weighted by Gasteiger charge is 2.19. The first kappa shape index (κ1) is 14.4. The quantitative estimate of drug-likeness (QED) is 0.495. The molecular weight excluding hydrogens is 212 g/mol. The predicted molar refractivity (Wildman–Crippen MR) is 73.5 cm³/mol. The number of rotatable bonds is 9. The third kappa shape index (κ3) is 5.99. The van der Waals surface area contributed by atoms with Gasteiger partial charge < -0.3 is 5.11 Å². The average Bonchev–Trinajstić information content (AvgIpc) is 2.76. The summed E-state index contributed by atoms with van der Waals surface area (Å²) in [6, 6.07) is 0. The SMILES string of the molecule is C/C=C/CCCCCCC1N=CCN1CCO. The molecule has 3 heteroatoms. The third-order valence-electron chi connectivity index (χ3n) is 3.22. The number of hydrogen-bond donors (Lipinski definition) is 1. The number of unbranched alkanes of at least 4 members (excludes halogenated alkanes) is 4. The summed E-state index contributed by atoms with van der Waals surface area (Å²) >= 11 is 0. The van der Waals surface area contributed by atoms with Crippen molar-refractivity contribution in [3.8, 4) is 0 Å². The number of β-amino-alcohol motifs (C(OH)–C–C–N with tert-alkyl or cyclic N) is 1. The van der Waals surface area contributed by atoms with E-state index < -0.39 is 0 Å². The van der Waals surface area contributed by atoms with E-state index >= 15 is 0 Å². The van der Waals surface area contributed by atoms with Crippen LogP contribution in [0, 0.1) is 0 Å². The summed E-state index contributed by atoms with van der Waals surface area (Å²) in [5.41, 5.74) is 0. The molecule has 0 amide bonds. The van der Waals surface area contributed by atoms with Gasteiger partial charge in [0.25, 0.3) is 0 Å². The van der Waals surface area contributed by atoms with Crippen molar-refractivity contribution in [2.75, 3.05) is 19.7 Å². The van der Waals surface area contributed by atoms with Gasteiger partial charge in [0.05, 0.1) is 6.61 Å². The van der Waals surface area contributed by atoms with Crippen LogP contribution in [0.25, 0.3) is 0 Å². The third-order valence-corrected chi connectivity index (χ3v) is 3.22. The van der Waals surface area contributed by atoms with Crippen LogP contribution >= 0.6 is 0 Å². The van der Waals surface area contributed by atoms with Gasteiger partial charge in [-0.05, 0) is 32.6 Å². The fourth-order valence-corrected chi connectivity index (χ4v) is 2.22. The van der Waals surface area contributed by atoms with Crippen LogP contribution in [0.1, 0.15) is 45.4 Å². The first-order valence-electron chi connectivity index (χ1n) is 6.86. The maximum absolute atomic E-state index is 8.93. The zero-order chi connectivity index (χ0) is 12.3. The molecule has 1 rings (SSSR count). The normalized spacial score (nSPS) is 20.7. The zero-order valence-corrected chi connectivity index (χ0v) is 11.0. The summed E-state index contributed by atoms with van der Waals surface area (Å²) in [6.45, 7) is 3.98. The Morgan fingerprint density at radius 1 is 1.35 bits per heavy atom. The summed E-state index contributed by atoms with van der Waals surface area (Å²) in [6.07, 6.45) is 14.2. The maximum Gasteiger partial charge on any atom is 0.102 e. The standard InChI is InChI=1S/C14H26N2O/c1-2-3-4-5-6-7-8-9-14-15-10-11-16(14)12-13-17/h2-3,10,14,17H,4-9,11-13H2,1H3/b3-2+. The molecule has 0 saturated heterocycles. The number of allylic oxidation sites excluding steroid dienone is 2. The Labute approximate surface area is 105 Å². The Hall–Kier alpha value is -0.670. The Balaban J connectivity index is 2.00. The molecule has 0 aliphatic carbocycles. The van der Waals surface area contributed by atoms with Gasteiger partial charge in [-0.1, -0.05) is 25.0 Å². The van der Waals surface area contributed by atoms with Crippen LogP contribution in [0.15, 0.2) is 17.1 Å². The molecule has 3 nitrogen and oxygen atoms in total. The first-order chi connectivity index (χ1) is 8.38. The van der Waals surface area contributed by atoms with Crippen molar-refractivity contribution in [3.63, 3.8) is 0 Å². The lowest BCUT2D eigenvalue weighted by Gasteiger charge is -2.21. The second-order valence-corrected chi connectivity index (χ2v) is 4.59. The average molecular weight is 238 g/mol. The first-order valence-corrected chi connectivity index (χ1v) is 6.86. The van der Waals surface area contributed by atoms with Gasteiger partial charge in [-0.25, -0.2) is 0 Å². The van der Waals surface area contributed by atoms with E-state index in [-0.39, 0.29) is 6.61 Å². The molecule has 1 atom stereocenters. The molecule has 1 N–H and O–H groups in total. The lowest BCUT2D eigenvalue weighted by molar-refractivity contribution is 0.176. The van der Waals surface area contributed by atoms with Crippen molar-refractivity contribution in [1.82, 2.24) is 4.90 Å². The molecule has 1 aliphatic rings. The molecule has 0 spiro atoms. The van der Waals surface area contributed by atoms with E-state index in [9.17, 15) is 0 Å². The number of aliphatic hydroxyl groups is 1. The van der Waals surface area contributed by atoms with Crippen LogP contribution in [0.4, 0.5) is 0 Å². The van der Waals surface area contributed by atoms with Gasteiger partial charge in [-0.2, -0.15) is 0 Å². The lowest BCUT2D eigenvalue weighted by Crippen LogP contribution is -2.32. The largest absolute Gasteiger partial charge is 0.395 e. The van der Waals surface area contributed by atoms with Crippen LogP contribution in [-0.4, -0.2) is 42.1 Å². The molecule has 0 bridgehead atoms. The molecule has 1 aliphatic heterocycles. The molecule has 0 aromatic rings. The van der Waals surface area contributed by atoms with Crippen molar-refractivity contribution in [3.05, 3.63) is 12.2 Å². The molecule has 0 aromatic heterocycles. The molecule has 0 fully saturated rings. The number of aliphatic hydroxyl groups excluding tert-OH is 1. The Bertz CT molecular complexity index is 238. The van der Waals surface area contributed by atoms with Crippen molar-refractivity contribution >= 4 is 6.21 Å². The van der Waals surface area contributed by atoms with Gasteiger partial charge in [0.1, 0.15) is 6.17 Å². The van der Waals surface area contributed by atoms with Crippen molar-refractivity contribution in [2.45, 2.75) is 51.6 Å². The predicted octanol–water partition coefficient (Wildman–Crippen LogP) is 2.61. The molecular formula is C14H26N2O. The van der Waals surface area contributed by atoms with Crippen LogP contribution in [0.3, 0.4) is 0 Å². The lowest BCUT2D eigenvalue weighted by atomic mass is 10.1. The van der Waals surface area contributed by atoms with Gasteiger partial charge >= 0.3 is 0 Å².